The van der Waals surface area contributed by atoms with E-state index in [0.717, 1.165) is 11.8 Å². The topological polar surface area (TPSA) is 64.0 Å². The van der Waals surface area contributed by atoms with Gasteiger partial charge in [-0.25, -0.2) is 9.37 Å². The van der Waals surface area contributed by atoms with Crippen molar-refractivity contribution >= 4 is 57.5 Å². The predicted molar refractivity (Wildman–Crippen MR) is 123 cm³/mol. The first-order valence-electron chi connectivity index (χ1n) is 9.08. The van der Waals surface area contributed by atoms with Crippen LogP contribution in [0, 0.1) is 5.82 Å². The third-order valence-corrected chi connectivity index (χ3v) is 5.88. The van der Waals surface area contributed by atoms with Gasteiger partial charge in [0.1, 0.15) is 5.82 Å². The summed E-state index contributed by atoms with van der Waals surface area (Å²) < 4.78 is 15.7. The first-order chi connectivity index (χ1) is 14.9. The number of aromatic nitrogens is 2. The molecule has 4 aromatic rings. The number of rotatable bonds is 5. The van der Waals surface area contributed by atoms with Crippen LogP contribution in [0.3, 0.4) is 0 Å². The van der Waals surface area contributed by atoms with Crippen molar-refractivity contribution in [3.63, 3.8) is 0 Å². The Kier molecular flexibility index (Phi) is 6.27. The minimum absolute atomic E-state index is 0.0616. The van der Waals surface area contributed by atoms with E-state index in [1.165, 1.54) is 28.8 Å². The lowest BCUT2D eigenvalue weighted by Crippen LogP contribution is -2.23. The zero-order chi connectivity index (χ0) is 22.0. The molecule has 1 aromatic heterocycles. The number of para-hydroxylation sites is 2. The van der Waals surface area contributed by atoms with Crippen LogP contribution in [0.1, 0.15) is 0 Å². The Morgan fingerprint density at radius 1 is 1.06 bits per heavy atom. The minimum atomic E-state index is -0.571. The summed E-state index contributed by atoms with van der Waals surface area (Å²) in [6.45, 7) is 0. The van der Waals surface area contributed by atoms with Gasteiger partial charge in [-0.15, -0.1) is 0 Å². The minimum Gasteiger partial charge on any atom is -0.324 e. The summed E-state index contributed by atoms with van der Waals surface area (Å²) in [5.74, 6) is -1.03. The van der Waals surface area contributed by atoms with Gasteiger partial charge in [0, 0.05) is 5.02 Å². The van der Waals surface area contributed by atoms with Crippen molar-refractivity contribution in [2.24, 2.45) is 0 Å². The molecule has 1 amide bonds. The molecular formula is C22H14Cl2FN3O2S. The molecule has 0 aliphatic carbocycles. The summed E-state index contributed by atoms with van der Waals surface area (Å²) in [7, 11) is 0. The molecular weight excluding hydrogens is 460 g/mol. The summed E-state index contributed by atoms with van der Waals surface area (Å²) >= 11 is 13.1. The number of fused-ring (bicyclic) bond motifs is 1. The molecule has 1 heterocycles. The van der Waals surface area contributed by atoms with Gasteiger partial charge < -0.3 is 5.32 Å². The van der Waals surface area contributed by atoms with Gasteiger partial charge in [-0.2, -0.15) is 0 Å². The van der Waals surface area contributed by atoms with E-state index in [0.29, 0.717) is 26.6 Å². The van der Waals surface area contributed by atoms with E-state index in [4.69, 9.17) is 23.2 Å². The molecule has 0 radical (unpaired) electrons. The second-order valence-corrected chi connectivity index (χ2v) is 8.25. The average molecular weight is 474 g/mol. The lowest BCUT2D eigenvalue weighted by Gasteiger charge is -2.14. The number of nitrogens with one attached hydrogen (secondary N) is 1. The number of benzene rings is 3. The number of thioether (sulfide) groups is 1. The van der Waals surface area contributed by atoms with E-state index in [1.54, 1.807) is 42.5 Å². The van der Waals surface area contributed by atoms with Gasteiger partial charge in [0.25, 0.3) is 5.56 Å². The van der Waals surface area contributed by atoms with Crippen molar-refractivity contribution in [3.05, 3.63) is 92.9 Å². The predicted octanol–water partition coefficient (Wildman–Crippen LogP) is 5.56. The van der Waals surface area contributed by atoms with Crippen LogP contribution in [0.5, 0.6) is 0 Å². The van der Waals surface area contributed by atoms with E-state index >= 15 is 0 Å². The molecule has 4 rings (SSSR count). The third-order valence-electron chi connectivity index (χ3n) is 4.37. The molecule has 0 spiro atoms. The van der Waals surface area contributed by atoms with Crippen LogP contribution in [0.25, 0.3) is 16.6 Å². The number of carbonyl (C=O) groups excluding carboxylic acids is 1. The Labute approximate surface area is 190 Å². The Morgan fingerprint density at radius 2 is 1.81 bits per heavy atom. The Morgan fingerprint density at radius 3 is 2.61 bits per heavy atom. The molecule has 1 N–H and O–H groups in total. The van der Waals surface area contributed by atoms with Crippen LogP contribution in [0.2, 0.25) is 10.0 Å². The van der Waals surface area contributed by atoms with Crippen LogP contribution >= 0.6 is 35.0 Å². The Hall–Kier alpha value is -2.87. The fourth-order valence-electron chi connectivity index (χ4n) is 2.96. The fourth-order valence-corrected chi connectivity index (χ4v) is 4.11. The smallest absolute Gasteiger partial charge is 0.266 e. The molecule has 0 saturated carbocycles. The number of halogens is 3. The monoisotopic (exact) mass is 473 g/mol. The van der Waals surface area contributed by atoms with E-state index < -0.39 is 11.4 Å². The van der Waals surface area contributed by atoms with Gasteiger partial charge in [0.2, 0.25) is 5.91 Å². The zero-order valence-electron chi connectivity index (χ0n) is 15.8. The Bertz CT molecular complexity index is 1360. The number of amides is 1. The molecule has 0 atom stereocenters. The van der Waals surface area contributed by atoms with Crippen LogP contribution in [0.4, 0.5) is 10.1 Å². The SMILES string of the molecule is O=C(CSc1nc2ccccc2c(=O)n1-c1ccccc1F)Nc1cc(Cl)ccc1Cl. The summed E-state index contributed by atoms with van der Waals surface area (Å²) in [5.41, 5.74) is 0.474. The molecule has 0 bridgehead atoms. The lowest BCUT2D eigenvalue weighted by atomic mass is 10.2. The van der Waals surface area contributed by atoms with Crippen LogP contribution in [0.15, 0.2) is 76.7 Å². The highest BCUT2D eigenvalue weighted by Gasteiger charge is 2.17. The number of anilines is 1. The second-order valence-electron chi connectivity index (χ2n) is 6.46. The summed E-state index contributed by atoms with van der Waals surface area (Å²) in [4.78, 5) is 30.1. The molecule has 5 nitrogen and oxygen atoms in total. The van der Waals surface area contributed by atoms with Gasteiger partial charge >= 0.3 is 0 Å². The molecule has 31 heavy (non-hydrogen) atoms. The van der Waals surface area contributed by atoms with E-state index in [-0.39, 0.29) is 22.5 Å². The normalized spacial score (nSPS) is 10.9. The van der Waals surface area contributed by atoms with Crippen molar-refractivity contribution < 1.29 is 9.18 Å². The maximum atomic E-state index is 14.5. The zero-order valence-corrected chi connectivity index (χ0v) is 18.1. The van der Waals surface area contributed by atoms with Gasteiger partial charge in [0.05, 0.1) is 33.1 Å². The quantitative estimate of drug-likeness (QED) is 0.304. The molecule has 0 fully saturated rings. The molecule has 156 valence electrons. The van der Waals surface area contributed by atoms with Crippen LogP contribution in [-0.4, -0.2) is 21.2 Å². The molecule has 0 aliphatic heterocycles. The molecule has 0 saturated heterocycles. The van der Waals surface area contributed by atoms with E-state index in [1.807, 2.05) is 0 Å². The Balaban J connectivity index is 1.69. The van der Waals surface area contributed by atoms with Gasteiger partial charge in [-0.05, 0) is 42.5 Å². The maximum absolute atomic E-state index is 14.5. The van der Waals surface area contributed by atoms with Crippen molar-refractivity contribution in [1.82, 2.24) is 9.55 Å². The van der Waals surface area contributed by atoms with E-state index in [9.17, 15) is 14.0 Å². The number of nitrogens with zero attached hydrogens (tertiary/aromatic N) is 2. The highest BCUT2D eigenvalue weighted by atomic mass is 35.5. The van der Waals surface area contributed by atoms with Gasteiger partial charge in [0.15, 0.2) is 5.16 Å². The largest absolute Gasteiger partial charge is 0.324 e. The number of hydrogen-bond donors (Lipinski definition) is 1. The molecule has 0 unspecified atom stereocenters. The van der Waals surface area contributed by atoms with Crippen LogP contribution in [-0.2, 0) is 4.79 Å². The average Bonchev–Trinajstić information content (AvgIpc) is 2.76. The fraction of sp³-hybridized carbons (Fsp3) is 0.0455. The summed E-state index contributed by atoms with van der Waals surface area (Å²) in [6.07, 6.45) is 0. The molecule has 0 aliphatic rings. The lowest BCUT2D eigenvalue weighted by molar-refractivity contribution is -0.113. The molecule has 3 aromatic carbocycles. The maximum Gasteiger partial charge on any atom is 0.266 e. The molecule has 9 heteroatoms. The highest BCUT2D eigenvalue weighted by Crippen LogP contribution is 2.27. The van der Waals surface area contributed by atoms with Gasteiger partial charge in [-0.3, -0.25) is 14.2 Å². The number of carbonyl (C=O) groups is 1. The van der Waals surface area contributed by atoms with Crippen LogP contribution < -0.4 is 10.9 Å². The number of hydrogen-bond acceptors (Lipinski definition) is 4. The highest BCUT2D eigenvalue weighted by molar-refractivity contribution is 7.99. The summed E-state index contributed by atoms with van der Waals surface area (Å²) in [5, 5.41) is 4.00. The first-order valence-corrected chi connectivity index (χ1v) is 10.8. The second kappa shape index (κ2) is 9.09. The standard InChI is InChI=1S/C22H14Cl2FN3O2S/c23-13-9-10-15(24)18(11-13)26-20(29)12-31-22-27-17-7-3-1-5-14(17)21(30)28(22)19-8-4-2-6-16(19)25/h1-11H,12H2,(H,26,29). The third kappa shape index (κ3) is 4.58. The van der Waals surface area contributed by atoms with E-state index in [2.05, 4.69) is 10.3 Å². The van der Waals surface area contributed by atoms with Crippen molar-refractivity contribution in [1.29, 1.82) is 0 Å². The van der Waals surface area contributed by atoms with Crippen molar-refractivity contribution in [2.75, 3.05) is 11.1 Å². The van der Waals surface area contributed by atoms with Crippen molar-refractivity contribution in [2.45, 2.75) is 5.16 Å². The first kappa shape index (κ1) is 21.4. The summed E-state index contributed by atoms with van der Waals surface area (Å²) in [6, 6.07) is 17.4. The van der Waals surface area contributed by atoms with Gasteiger partial charge in [-0.1, -0.05) is 59.2 Å². The van der Waals surface area contributed by atoms with Crippen molar-refractivity contribution in [3.8, 4) is 5.69 Å².